The van der Waals surface area contributed by atoms with Crippen molar-refractivity contribution in [2.24, 2.45) is 5.10 Å². The minimum absolute atomic E-state index is 0.149. The summed E-state index contributed by atoms with van der Waals surface area (Å²) < 4.78 is 5.57. The Morgan fingerprint density at radius 1 is 1.27 bits per heavy atom. The standard InChI is InChI=1S/C17H20N2O2S/c1-11(2)21-15-7-5-14(6-8-15)9-18-19-17(20)16-10-22-13(4)12(16)3/h5-11H,1-4H3,(H,19,20). The predicted octanol–water partition coefficient (Wildman–Crippen LogP) is 3.92. The number of aryl methyl sites for hydroxylation is 1. The average Bonchev–Trinajstić information content (AvgIpc) is 2.80. The van der Waals surface area contributed by atoms with Gasteiger partial charge in [-0.05, 0) is 63.1 Å². The molecule has 1 amide bonds. The summed E-state index contributed by atoms with van der Waals surface area (Å²) >= 11 is 1.57. The van der Waals surface area contributed by atoms with Gasteiger partial charge in [-0.2, -0.15) is 5.10 Å². The van der Waals surface area contributed by atoms with E-state index in [9.17, 15) is 4.79 Å². The molecular formula is C17H20N2O2S. The Morgan fingerprint density at radius 3 is 2.50 bits per heavy atom. The van der Waals surface area contributed by atoms with Gasteiger partial charge in [-0.1, -0.05) is 0 Å². The van der Waals surface area contributed by atoms with Gasteiger partial charge < -0.3 is 4.74 Å². The van der Waals surface area contributed by atoms with Crippen LogP contribution in [0, 0.1) is 13.8 Å². The second-order valence-electron chi connectivity index (χ2n) is 5.27. The van der Waals surface area contributed by atoms with E-state index in [0.29, 0.717) is 5.56 Å². The van der Waals surface area contributed by atoms with Gasteiger partial charge in [0.1, 0.15) is 5.75 Å². The van der Waals surface area contributed by atoms with Crippen LogP contribution >= 0.6 is 11.3 Å². The molecule has 0 radical (unpaired) electrons. The maximum atomic E-state index is 12.0. The maximum Gasteiger partial charge on any atom is 0.272 e. The van der Waals surface area contributed by atoms with Crippen LogP contribution < -0.4 is 10.2 Å². The molecule has 1 N–H and O–H groups in total. The number of thiophene rings is 1. The molecule has 4 nitrogen and oxygen atoms in total. The van der Waals surface area contributed by atoms with Crippen LogP contribution in [-0.2, 0) is 0 Å². The van der Waals surface area contributed by atoms with Crippen LogP contribution in [0.25, 0.3) is 0 Å². The molecule has 0 atom stereocenters. The number of hydrazone groups is 1. The van der Waals surface area contributed by atoms with Crippen molar-refractivity contribution in [3.8, 4) is 5.75 Å². The van der Waals surface area contributed by atoms with E-state index in [1.54, 1.807) is 17.6 Å². The van der Waals surface area contributed by atoms with Gasteiger partial charge in [-0.15, -0.1) is 11.3 Å². The number of carbonyl (C=O) groups excluding carboxylic acids is 1. The Morgan fingerprint density at radius 2 is 1.95 bits per heavy atom. The summed E-state index contributed by atoms with van der Waals surface area (Å²) in [6, 6.07) is 7.56. The van der Waals surface area contributed by atoms with Crippen LogP contribution in [0.2, 0.25) is 0 Å². The number of benzene rings is 1. The number of ether oxygens (including phenoxy) is 1. The molecule has 0 aliphatic heterocycles. The molecule has 2 aromatic rings. The van der Waals surface area contributed by atoms with Crippen molar-refractivity contribution in [3.63, 3.8) is 0 Å². The maximum absolute atomic E-state index is 12.0. The summed E-state index contributed by atoms with van der Waals surface area (Å²) in [5, 5.41) is 5.85. The molecule has 22 heavy (non-hydrogen) atoms. The molecule has 2 rings (SSSR count). The Bertz CT molecular complexity index is 672. The third kappa shape index (κ3) is 4.18. The number of carbonyl (C=O) groups is 1. The first kappa shape index (κ1) is 16.2. The highest BCUT2D eigenvalue weighted by Crippen LogP contribution is 2.20. The van der Waals surface area contributed by atoms with E-state index in [-0.39, 0.29) is 12.0 Å². The summed E-state index contributed by atoms with van der Waals surface area (Å²) in [4.78, 5) is 13.2. The topological polar surface area (TPSA) is 50.7 Å². The molecule has 0 unspecified atom stereocenters. The van der Waals surface area contributed by atoms with E-state index < -0.39 is 0 Å². The lowest BCUT2D eigenvalue weighted by Crippen LogP contribution is -2.17. The first-order valence-electron chi connectivity index (χ1n) is 7.12. The number of amides is 1. The molecule has 5 heteroatoms. The molecule has 0 bridgehead atoms. The van der Waals surface area contributed by atoms with E-state index in [4.69, 9.17) is 4.74 Å². The van der Waals surface area contributed by atoms with Crippen molar-refractivity contribution < 1.29 is 9.53 Å². The van der Waals surface area contributed by atoms with Crippen molar-refractivity contribution in [3.05, 3.63) is 51.2 Å². The Labute approximate surface area is 134 Å². The predicted molar refractivity (Wildman–Crippen MR) is 91.1 cm³/mol. The second kappa shape index (κ2) is 7.22. The van der Waals surface area contributed by atoms with Crippen LogP contribution in [0.1, 0.15) is 40.2 Å². The van der Waals surface area contributed by atoms with E-state index >= 15 is 0 Å². The highest BCUT2D eigenvalue weighted by molar-refractivity contribution is 7.10. The second-order valence-corrected chi connectivity index (χ2v) is 6.35. The van der Waals surface area contributed by atoms with E-state index in [1.807, 2.05) is 57.3 Å². The fraction of sp³-hybridized carbons (Fsp3) is 0.294. The van der Waals surface area contributed by atoms with E-state index in [0.717, 1.165) is 21.8 Å². The van der Waals surface area contributed by atoms with Gasteiger partial charge in [0.25, 0.3) is 5.91 Å². The molecule has 0 saturated carbocycles. The lowest BCUT2D eigenvalue weighted by Gasteiger charge is -2.09. The highest BCUT2D eigenvalue weighted by Gasteiger charge is 2.11. The number of hydrogen-bond donors (Lipinski definition) is 1. The number of rotatable bonds is 5. The monoisotopic (exact) mass is 316 g/mol. The molecule has 0 saturated heterocycles. The first-order chi connectivity index (χ1) is 10.5. The molecule has 0 aliphatic carbocycles. The zero-order chi connectivity index (χ0) is 16.1. The number of nitrogens with zero attached hydrogens (tertiary/aromatic N) is 1. The van der Waals surface area contributed by atoms with Gasteiger partial charge in [0, 0.05) is 10.3 Å². The Kier molecular flexibility index (Phi) is 5.33. The quantitative estimate of drug-likeness (QED) is 0.671. The van der Waals surface area contributed by atoms with Crippen LogP contribution in [0.4, 0.5) is 0 Å². The van der Waals surface area contributed by atoms with Gasteiger partial charge in [-0.3, -0.25) is 4.79 Å². The Hall–Kier alpha value is -2.14. The number of nitrogens with one attached hydrogen (secondary N) is 1. The fourth-order valence-electron chi connectivity index (χ4n) is 1.87. The molecule has 0 aliphatic rings. The summed E-state index contributed by atoms with van der Waals surface area (Å²) in [6.45, 7) is 7.91. The number of hydrogen-bond acceptors (Lipinski definition) is 4. The van der Waals surface area contributed by atoms with Crippen molar-refractivity contribution in [1.29, 1.82) is 0 Å². The van der Waals surface area contributed by atoms with Gasteiger partial charge in [0.05, 0.1) is 17.9 Å². The Balaban J connectivity index is 1.95. The molecule has 0 spiro atoms. The van der Waals surface area contributed by atoms with Crippen LogP contribution in [0.3, 0.4) is 0 Å². The summed E-state index contributed by atoms with van der Waals surface area (Å²) in [7, 11) is 0. The van der Waals surface area contributed by atoms with Crippen LogP contribution in [0.15, 0.2) is 34.7 Å². The smallest absolute Gasteiger partial charge is 0.272 e. The minimum atomic E-state index is -0.183. The SMILES string of the molecule is Cc1scc(C(=O)NN=Cc2ccc(OC(C)C)cc2)c1C. The van der Waals surface area contributed by atoms with Gasteiger partial charge in [0.15, 0.2) is 0 Å². The lowest BCUT2D eigenvalue weighted by atomic mass is 10.2. The van der Waals surface area contributed by atoms with Crippen molar-refractivity contribution in [1.82, 2.24) is 5.43 Å². The molecule has 1 aromatic carbocycles. The summed E-state index contributed by atoms with van der Waals surface area (Å²) in [5.41, 5.74) is 5.14. The van der Waals surface area contributed by atoms with Crippen LogP contribution in [0.5, 0.6) is 5.75 Å². The fourth-order valence-corrected chi connectivity index (χ4v) is 2.73. The summed E-state index contributed by atoms with van der Waals surface area (Å²) in [6.07, 6.45) is 1.77. The van der Waals surface area contributed by atoms with Gasteiger partial charge in [0.2, 0.25) is 0 Å². The zero-order valence-corrected chi connectivity index (χ0v) is 14.0. The van der Waals surface area contributed by atoms with E-state index in [2.05, 4.69) is 10.5 Å². The zero-order valence-electron chi connectivity index (χ0n) is 13.2. The van der Waals surface area contributed by atoms with Crippen molar-refractivity contribution in [2.45, 2.75) is 33.8 Å². The first-order valence-corrected chi connectivity index (χ1v) is 8.00. The minimum Gasteiger partial charge on any atom is -0.491 e. The summed E-state index contributed by atoms with van der Waals surface area (Å²) in [5.74, 6) is 0.637. The molecule has 1 aromatic heterocycles. The van der Waals surface area contributed by atoms with Gasteiger partial charge in [-0.25, -0.2) is 5.43 Å². The lowest BCUT2D eigenvalue weighted by molar-refractivity contribution is 0.0955. The largest absolute Gasteiger partial charge is 0.491 e. The normalized spacial score (nSPS) is 11.1. The third-order valence-corrected chi connectivity index (χ3v) is 4.18. The van der Waals surface area contributed by atoms with E-state index in [1.165, 1.54) is 0 Å². The molecule has 0 fully saturated rings. The molecule has 1 heterocycles. The van der Waals surface area contributed by atoms with Crippen molar-refractivity contribution >= 4 is 23.5 Å². The molecular weight excluding hydrogens is 296 g/mol. The van der Waals surface area contributed by atoms with Gasteiger partial charge >= 0.3 is 0 Å². The van der Waals surface area contributed by atoms with Crippen molar-refractivity contribution in [2.75, 3.05) is 0 Å². The highest BCUT2D eigenvalue weighted by atomic mass is 32.1. The average molecular weight is 316 g/mol. The third-order valence-electron chi connectivity index (χ3n) is 3.16. The molecule has 116 valence electrons. The van der Waals surface area contributed by atoms with Crippen LogP contribution in [-0.4, -0.2) is 18.2 Å².